The van der Waals surface area contributed by atoms with Gasteiger partial charge in [-0.15, -0.1) is 0 Å². The average molecular weight is 395 g/mol. The third kappa shape index (κ3) is 5.84. The van der Waals surface area contributed by atoms with Gasteiger partial charge in [0.15, 0.2) is 5.82 Å². The lowest BCUT2D eigenvalue weighted by atomic mass is 10.0. The van der Waals surface area contributed by atoms with Gasteiger partial charge >= 0.3 is 12.2 Å². The molecule has 0 radical (unpaired) electrons. The Labute approximate surface area is 164 Å². The van der Waals surface area contributed by atoms with Crippen LogP contribution >= 0.6 is 0 Å². The molecule has 154 valence electrons. The minimum atomic E-state index is -4.56. The van der Waals surface area contributed by atoms with Crippen molar-refractivity contribution in [2.75, 3.05) is 18.6 Å². The Morgan fingerprint density at radius 2 is 1.89 bits per heavy atom. The van der Waals surface area contributed by atoms with Crippen molar-refractivity contribution in [1.82, 2.24) is 9.97 Å². The summed E-state index contributed by atoms with van der Waals surface area (Å²) in [4.78, 5) is 9.28. The van der Waals surface area contributed by atoms with Gasteiger partial charge in [-0.1, -0.05) is 52.2 Å². The van der Waals surface area contributed by atoms with E-state index in [0.29, 0.717) is 12.3 Å². The monoisotopic (exact) mass is 395 g/mol. The Balaban J connectivity index is 2.30. The summed E-state index contributed by atoms with van der Waals surface area (Å²) in [6.45, 7) is 6.57. The molecule has 1 heterocycles. The second-order valence-electron chi connectivity index (χ2n) is 7.11. The first-order valence-corrected chi connectivity index (χ1v) is 9.64. The van der Waals surface area contributed by atoms with Crippen LogP contribution < -0.4 is 9.64 Å². The van der Waals surface area contributed by atoms with Gasteiger partial charge in [0.05, 0.1) is 6.61 Å². The fourth-order valence-corrected chi connectivity index (χ4v) is 2.79. The van der Waals surface area contributed by atoms with Crippen LogP contribution in [0, 0.1) is 0 Å². The molecule has 1 aromatic carbocycles. The van der Waals surface area contributed by atoms with Gasteiger partial charge in [-0.05, 0) is 30.0 Å². The van der Waals surface area contributed by atoms with Crippen LogP contribution in [0.2, 0.25) is 0 Å². The number of hydrogen-bond acceptors (Lipinski definition) is 4. The number of alkyl halides is 3. The van der Waals surface area contributed by atoms with E-state index < -0.39 is 11.7 Å². The van der Waals surface area contributed by atoms with Crippen LogP contribution in [0.25, 0.3) is 0 Å². The molecule has 0 atom stereocenters. The first-order valence-electron chi connectivity index (χ1n) is 9.64. The standard InChI is InChI=1S/C21H28F3N3O/c1-5-6-7-8-12-28-20-25-14-18(21(22,23)24)19(26-20)27(4)17-11-9-10-16(13-17)15(2)3/h9-11,13-15H,5-8,12H2,1-4H3. The summed E-state index contributed by atoms with van der Waals surface area (Å²) in [5.74, 6) is 0.0508. The molecule has 2 rings (SSSR count). The maximum atomic E-state index is 13.5. The molecule has 0 aliphatic rings. The maximum absolute atomic E-state index is 13.5. The van der Waals surface area contributed by atoms with Crippen molar-refractivity contribution in [3.8, 4) is 6.01 Å². The smallest absolute Gasteiger partial charge is 0.421 e. The molecular weight excluding hydrogens is 367 g/mol. The van der Waals surface area contributed by atoms with Gasteiger partial charge in [0.1, 0.15) is 5.56 Å². The van der Waals surface area contributed by atoms with Crippen molar-refractivity contribution in [3.05, 3.63) is 41.6 Å². The fourth-order valence-electron chi connectivity index (χ4n) is 2.79. The second-order valence-corrected chi connectivity index (χ2v) is 7.11. The zero-order valence-corrected chi connectivity index (χ0v) is 16.9. The molecule has 0 N–H and O–H groups in total. The van der Waals surface area contributed by atoms with Gasteiger partial charge in [-0.2, -0.15) is 18.2 Å². The summed E-state index contributed by atoms with van der Waals surface area (Å²) < 4.78 is 46.0. The summed E-state index contributed by atoms with van der Waals surface area (Å²) in [6, 6.07) is 7.39. The molecule has 0 unspecified atom stereocenters. The topological polar surface area (TPSA) is 38.2 Å². The number of hydrogen-bond donors (Lipinski definition) is 0. The van der Waals surface area contributed by atoms with Gasteiger partial charge in [0.25, 0.3) is 0 Å². The molecule has 0 bridgehead atoms. The molecule has 0 fully saturated rings. The minimum absolute atomic E-state index is 0.0358. The highest BCUT2D eigenvalue weighted by Gasteiger charge is 2.36. The van der Waals surface area contributed by atoms with E-state index in [-0.39, 0.29) is 17.7 Å². The molecule has 1 aromatic heterocycles. The van der Waals surface area contributed by atoms with Crippen molar-refractivity contribution in [3.63, 3.8) is 0 Å². The van der Waals surface area contributed by atoms with Crippen LogP contribution in [0.15, 0.2) is 30.5 Å². The molecule has 0 saturated heterocycles. The molecule has 0 aliphatic heterocycles. The lowest BCUT2D eigenvalue weighted by molar-refractivity contribution is -0.137. The Kier molecular flexibility index (Phi) is 7.66. The first-order chi connectivity index (χ1) is 13.2. The van der Waals surface area contributed by atoms with E-state index in [1.165, 1.54) is 4.90 Å². The highest BCUT2D eigenvalue weighted by molar-refractivity contribution is 5.63. The largest absolute Gasteiger partial charge is 0.463 e. The maximum Gasteiger partial charge on any atom is 0.421 e. The quantitative estimate of drug-likeness (QED) is 0.464. The summed E-state index contributed by atoms with van der Waals surface area (Å²) in [5, 5.41) is 0. The number of unbranched alkanes of at least 4 members (excludes halogenated alkanes) is 3. The van der Waals surface area contributed by atoms with Crippen LogP contribution in [0.5, 0.6) is 6.01 Å². The molecule has 0 saturated carbocycles. The van der Waals surface area contributed by atoms with Crippen molar-refractivity contribution >= 4 is 11.5 Å². The van der Waals surface area contributed by atoms with Gasteiger partial charge in [-0.25, -0.2) is 4.98 Å². The van der Waals surface area contributed by atoms with Crippen LogP contribution in [0.1, 0.15) is 63.5 Å². The van der Waals surface area contributed by atoms with E-state index in [0.717, 1.165) is 37.4 Å². The predicted molar refractivity (Wildman–Crippen MR) is 105 cm³/mol. The van der Waals surface area contributed by atoms with Crippen LogP contribution in [0.4, 0.5) is 24.7 Å². The number of ether oxygens (including phenoxy) is 1. The van der Waals surface area contributed by atoms with Crippen LogP contribution in [-0.2, 0) is 6.18 Å². The molecule has 4 nitrogen and oxygen atoms in total. The number of halogens is 3. The zero-order chi connectivity index (χ0) is 20.7. The second kappa shape index (κ2) is 9.75. The van der Waals surface area contributed by atoms with Gasteiger partial charge in [0, 0.05) is 18.9 Å². The summed E-state index contributed by atoms with van der Waals surface area (Å²) in [6.07, 6.45) is 0.260. The number of benzene rings is 1. The van der Waals surface area contributed by atoms with E-state index in [1.807, 2.05) is 32.0 Å². The zero-order valence-electron chi connectivity index (χ0n) is 16.9. The van der Waals surface area contributed by atoms with Crippen molar-refractivity contribution in [1.29, 1.82) is 0 Å². The Morgan fingerprint density at radius 1 is 1.14 bits per heavy atom. The summed E-state index contributed by atoms with van der Waals surface area (Å²) in [5.41, 5.74) is 0.784. The molecule has 2 aromatic rings. The fraction of sp³-hybridized carbons (Fsp3) is 0.524. The normalized spacial score (nSPS) is 11.7. The molecule has 28 heavy (non-hydrogen) atoms. The van der Waals surface area contributed by atoms with Crippen molar-refractivity contribution < 1.29 is 17.9 Å². The number of aromatic nitrogens is 2. The van der Waals surface area contributed by atoms with Crippen LogP contribution in [-0.4, -0.2) is 23.6 Å². The molecule has 0 amide bonds. The lowest BCUT2D eigenvalue weighted by Gasteiger charge is -2.23. The average Bonchev–Trinajstić information content (AvgIpc) is 2.66. The van der Waals surface area contributed by atoms with E-state index in [4.69, 9.17) is 4.74 Å². The number of anilines is 2. The van der Waals surface area contributed by atoms with E-state index >= 15 is 0 Å². The van der Waals surface area contributed by atoms with Crippen molar-refractivity contribution in [2.45, 2.75) is 58.5 Å². The minimum Gasteiger partial charge on any atom is -0.463 e. The third-order valence-electron chi connectivity index (χ3n) is 4.52. The summed E-state index contributed by atoms with van der Waals surface area (Å²) in [7, 11) is 1.57. The third-order valence-corrected chi connectivity index (χ3v) is 4.52. The molecule has 0 aliphatic carbocycles. The van der Waals surface area contributed by atoms with Gasteiger partial charge in [0.2, 0.25) is 0 Å². The predicted octanol–water partition coefficient (Wildman–Crippen LogP) is 6.35. The van der Waals surface area contributed by atoms with Crippen LogP contribution in [0.3, 0.4) is 0 Å². The highest BCUT2D eigenvalue weighted by atomic mass is 19.4. The summed E-state index contributed by atoms with van der Waals surface area (Å²) >= 11 is 0. The lowest BCUT2D eigenvalue weighted by Crippen LogP contribution is -2.19. The van der Waals surface area contributed by atoms with Gasteiger partial charge < -0.3 is 9.64 Å². The SMILES string of the molecule is CCCCCCOc1ncc(C(F)(F)F)c(N(C)c2cccc(C(C)C)c2)n1. The Bertz CT molecular complexity index is 763. The Hall–Kier alpha value is -2.31. The number of nitrogens with zero attached hydrogens (tertiary/aromatic N) is 3. The van der Waals surface area contributed by atoms with Gasteiger partial charge in [-0.3, -0.25) is 0 Å². The molecule has 7 heteroatoms. The van der Waals surface area contributed by atoms with E-state index in [9.17, 15) is 13.2 Å². The first kappa shape index (κ1) is 22.0. The van der Waals surface area contributed by atoms with E-state index in [1.54, 1.807) is 13.1 Å². The molecular formula is C21H28F3N3O. The molecule has 0 spiro atoms. The van der Waals surface area contributed by atoms with Crippen molar-refractivity contribution in [2.24, 2.45) is 0 Å². The highest BCUT2D eigenvalue weighted by Crippen LogP contribution is 2.38. The number of rotatable bonds is 9. The van der Waals surface area contributed by atoms with E-state index in [2.05, 4.69) is 16.9 Å². The Morgan fingerprint density at radius 3 is 2.54 bits per heavy atom.